The highest BCUT2D eigenvalue weighted by atomic mass is 19.2. The molecule has 0 radical (unpaired) electrons. The number of allylic oxidation sites excluding steroid dienone is 1. The number of aromatic nitrogens is 3. The summed E-state index contributed by atoms with van der Waals surface area (Å²) in [6.45, 7) is 0.750. The van der Waals surface area contributed by atoms with Gasteiger partial charge in [-0.2, -0.15) is 0 Å². The van der Waals surface area contributed by atoms with Crippen molar-refractivity contribution in [2.45, 2.75) is 6.42 Å². The van der Waals surface area contributed by atoms with Gasteiger partial charge in [0.1, 0.15) is 5.82 Å². The van der Waals surface area contributed by atoms with Crippen LogP contribution < -0.4 is 5.32 Å². The summed E-state index contributed by atoms with van der Waals surface area (Å²) in [5, 5.41) is 3.91. The normalized spacial score (nSPS) is 13.3. The summed E-state index contributed by atoms with van der Waals surface area (Å²) >= 11 is 0. The minimum Gasteiger partial charge on any atom is -0.340 e. The second-order valence-electron chi connectivity index (χ2n) is 7.12. The van der Waals surface area contributed by atoms with E-state index in [4.69, 9.17) is 4.98 Å². The van der Waals surface area contributed by atoms with Gasteiger partial charge >= 0.3 is 0 Å². The summed E-state index contributed by atoms with van der Waals surface area (Å²) in [5.41, 5.74) is 4.10. The van der Waals surface area contributed by atoms with Gasteiger partial charge in [-0.05, 0) is 60.0 Å². The summed E-state index contributed by atoms with van der Waals surface area (Å²) in [4.78, 5) is 17.8. The second kappa shape index (κ2) is 8.02. The van der Waals surface area contributed by atoms with Crippen LogP contribution in [0.15, 0.2) is 72.0 Å². The molecule has 1 aliphatic heterocycles. The molecule has 2 aromatic heterocycles. The first-order valence-electron chi connectivity index (χ1n) is 9.81. The van der Waals surface area contributed by atoms with Crippen LogP contribution >= 0.6 is 0 Å². The molecule has 7 heteroatoms. The van der Waals surface area contributed by atoms with E-state index >= 15 is 0 Å². The molecule has 2 aromatic carbocycles. The molecule has 152 valence electrons. The number of aliphatic imine (C=N–C) groups is 1. The molecule has 4 aromatic rings. The third kappa shape index (κ3) is 3.90. The molecule has 0 unspecified atom stereocenters. The van der Waals surface area contributed by atoms with Crippen LogP contribution in [0.3, 0.4) is 0 Å². The molecule has 0 bridgehead atoms. The predicted molar refractivity (Wildman–Crippen MR) is 118 cm³/mol. The Morgan fingerprint density at radius 2 is 1.84 bits per heavy atom. The number of nitrogens with zero attached hydrogens (tertiary/aromatic N) is 4. The van der Waals surface area contributed by atoms with Crippen LogP contribution in [0.2, 0.25) is 0 Å². The third-order valence-electron chi connectivity index (χ3n) is 5.06. The molecule has 3 heterocycles. The molecule has 1 N–H and O–H groups in total. The van der Waals surface area contributed by atoms with Crippen molar-refractivity contribution in [3.8, 4) is 11.4 Å². The first-order valence-corrected chi connectivity index (χ1v) is 9.81. The van der Waals surface area contributed by atoms with Crippen molar-refractivity contribution in [2.75, 3.05) is 11.9 Å². The molecule has 31 heavy (non-hydrogen) atoms. The summed E-state index contributed by atoms with van der Waals surface area (Å²) in [5.74, 6) is -0.838. The minimum absolute atomic E-state index is 0.394. The number of hydrogen-bond acceptors (Lipinski definition) is 5. The summed E-state index contributed by atoms with van der Waals surface area (Å²) in [6, 6.07) is 13.3. The highest BCUT2D eigenvalue weighted by molar-refractivity contribution is 5.96. The zero-order chi connectivity index (χ0) is 21.2. The van der Waals surface area contributed by atoms with Crippen LogP contribution in [-0.2, 0) is 0 Å². The Kier molecular flexibility index (Phi) is 4.92. The number of fused-ring (bicyclic) bond motifs is 1. The Morgan fingerprint density at radius 3 is 2.61 bits per heavy atom. The lowest BCUT2D eigenvalue weighted by atomic mass is 9.99. The van der Waals surface area contributed by atoms with Gasteiger partial charge < -0.3 is 5.32 Å². The summed E-state index contributed by atoms with van der Waals surface area (Å²) in [7, 11) is 0. The maximum absolute atomic E-state index is 13.8. The molecule has 5 rings (SSSR count). The van der Waals surface area contributed by atoms with Gasteiger partial charge in [0.05, 0.1) is 5.52 Å². The number of halogens is 2. The van der Waals surface area contributed by atoms with Crippen LogP contribution in [0.1, 0.15) is 12.0 Å². The number of pyridine rings is 1. The fourth-order valence-corrected chi connectivity index (χ4v) is 3.48. The largest absolute Gasteiger partial charge is 0.340 e. The van der Waals surface area contributed by atoms with Crippen LogP contribution in [-0.4, -0.2) is 27.7 Å². The predicted octanol–water partition coefficient (Wildman–Crippen LogP) is 5.57. The first-order chi connectivity index (χ1) is 15.2. The smallest absolute Gasteiger partial charge is 0.163 e. The molecule has 0 spiro atoms. The number of benzene rings is 2. The van der Waals surface area contributed by atoms with Crippen molar-refractivity contribution in [1.82, 2.24) is 15.0 Å². The SMILES string of the molecule is Fc1ccc(Nc2nc(-c3cccnc3)nc3ccc(C4=CC=NCC4)cc23)cc1F. The zero-order valence-electron chi connectivity index (χ0n) is 16.4. The molecule has 0 aliphatic carbocycles. The number of rotatable bonds is 4. The molecule has 0 saturated carbocycles. The Morgan fingerprint density at radius 1 is 0.903 bits per heavy atom. The van der Waals surface area contributed by atoms with Crippen LogP contribution in [0.5, 0.6) is 0 Å². The molecular formula is C24H17F2N5. The van der Waals surface area contributed by atoms with Gasteiger partial charge in [0.25, 0.3) is 0 Å². The van der Waals surface area contributed by atoms with E-state index in [9.17, 15) is 8.78 Å². The second-order valence-corrected chi connectivity index (χ2v) is 7.12. The summed E-state index contributed by atoms with van der Waals surface area (Å²) in [6.07, 6.45) is 8.02. The topological polar surface area (TPSA) is 63.1 Å². The van der Waals surface area contributed by atoms with Crippen molar-refractivity contribution < 1.29 is 8.78 Å². The lowest BCUT2D eigenvalue weighted by Gasteiger charge is -2.14. The minimum atomic E-state index is -0.928. The van der Waals surface area contributed by atoms with Gasteiger partial charge in [-0.3, -0.25) is 9.98 Å². The van der Waals surface area contributed by atoms with E-state index in [1.807, 2.05) is 42.6 Å². The van der Waals surface area contributed by atoms with E-state index < -0.39 is 11.6 Å². The lowest BCUT2D eigenvalue weighted by molar-refractivity contribution is 0.509. The maximum atomic E-state index is 13.8. The van der Waals surface area contributed by atoms with Crippen molar-refractivity contribution in [1.29, 1.82) is 0 Å². The molecule has 0 saturated heterocycles. The molecule has 0 atom stereocenters. The Bertz CT molecular complexity index is 1330. The van der Waals surface area contributed by atoms with Crippen LogP contribution in [0.4, 0.5) is 20.3 Å². The Hall–Kier alpha value is -4.00. The number of anilines is 2. The van der Waals surface area contributed by atoms with E-state index in [1.54, 1.807) is 12.4 Å². The van der Waals surface area contributed by atoms with E-state index in [1.165, 1.54) is 11.6 Å². The fourth-order valence-electron chi connectivity index (χ4n) is 3.48. The van der Waals surface area contributed by atoms with Crippen LogP contribution in [0, 0.1) is 11.6 Å². The fraction of sp³-hybridized carbons (Fsp3) is 0.0833. The standard InChI is InChI=1S/C24H17F2N5/c25-20-5-4-18(13-21(20)26)29-24-19-12-16(15-7-10-27-11-8-15)3-6-22(19)30-23(31-24)17-2-1-9-28-14-17/h1-7,9-10,12-14H,8,11H2,(H,29,30,31). The third-order valence-corrected chi connectivity index (χ3v) is 5.06. The van der Waals surface area contributed by atoms with E-state index in [2.05, 4.69) is 20.3 Å². The molecule has 0 fully saturated rings. The number of nitrogens with one attached hydrogen (secondary N) is 1. The average molecular weight is 413 g/mol. The van der Waals surface area contributed by atoms with Gasteiger partial charge in [0.2, 0.25) is 0 Å². The summed E-state index contributed by atoms with van der Waals surface area (Å²) < 4.78 is 27.2. The highest BCUT2D eigenvalue weighted by Crippen LogP contribution is 2.31. The Balaban J connectivity index is 1.66. The lowest BCUT2D eigenvalue weighted by Crippen LogP contribution is -2.01. The average Bonchev–Trinajstić information content (AvgIpc) is 2.82. The van der Waals surface area contributed by atoms with Gasteiger partial charge in [-0.1, -0.05) is 6.07 Å². The van der Waals surface area contributed by atoms with E-state index in [0.717, 1.165) is 47.1 Å². The first kappa shape index (κ1) is 19.0. The van der Waals surface area contributed by atoms with Gasteiger partial charge in [-0.15, -0.1) is 0 Å². The molecule has 1 aliphatic rings. The highest BCUT2D eigenvalue weighted by Gasteiger charge is 2.13. The van der Waals surface area contributed by atoms with Gasteiger partial charge in [-0.25, -0.2) is 18.7 Å². The quantitative estimate of drug-likeness (QED) is 0.475. The maximum Gasteiger partial charge on any atom is 0.163 e. The van der Waals surface area contributed by atoms with Crippen molar-refractivity contribution in [3.63, 3.8) is 0 Å². The van der Waals surface area contributed by atoms with Crippen molar-refractivity contribution in [2.24, 2.45) is 4.99 Å². The van der Waals surface area contributed by atoms with E-state index in [0.29, 0.717) is 17.3 Å². The van der Waals surface area contributed by atoms with Crippen molar-refractivity contribution >= 4 is 34.2 Å². The molecular weight excluding hydrogens is 396 g/mol. The van der Waals surface area contributed by atoms with Crippen molar-refractivity contribution in [3.05, 3.63) is 84.2 Å². The monoisotopic (exact) mass is 413 g/mol. The van der Waals surface area contributed by atoms with Crippen LogP contribution in [0.25, 0.3) is 27.9 Å². The molecule has 0 amide bonds. The van der Waals surface area contributed by atoms with E-state index in [-0.39, 0.29) is 0 Å². The number of hydrogen-bond donors (Lipinski definition) is 1. The zero-order valence-corrected chi connectivity index (χ0v) is 16.4. The Labute approximate surface area is 177 Å². The van der Waals surface area contributed by atoms with Gasteiger partial charge in [0.15, 0.2) is 17.5 Å². The van der Waals surface area contributed by atoms with Gasteiger partial charge in [0, 0.05) is 47.9 Å². The molecule has 5 nitrogen and oxygen atoms in total. The number of dihydropyridines is 1.